The minimum absolute atomic E-state index is 0.0288. The minimum atomic E-state index is 0.0288. The lowest BCUT2D eigenvalue weighted by molar-refractivity contribution is 0.0707. The number of fused-ring (bicyclic) bond motifs is 2. The van der Waals surface area contributed by atoms with E-state index in [0.29, 0.717) is 5.69 Å². The van der Waals surface area contributed by atoms with Gasteiger partial charge in [0.25, 0.3) is 5.91 Å². The summed E-state index contributed by atoms with van der Waals surface area (Å²) in [6.45, 7) is 0. The molecule has 0 aromatic carbocycles. The molecule has 0 radical (unpaired) electrons. The van der Waals surface area contributed by atoms with Gasteiger partial charge in [-0.15, -0.1) is 0 Å². The Kier molecular flexibility index (Phi) is 3.06. The minimum Gasteiger partial charge on any atom is -0.333 e. The highest BCUT2D eigenvalue weighted by Gasteiger charge is 2.32. The van der Waals surface area contributed by atoms with Crippen molar-refractivity contribution in [2.75, 3.05) is 7.05 Å². The number of nitrogens with one attached hydrogen (secondary N) is 1. The lowest BCUT2D eigenvalue weighted by Gasteiger charge is -2.31. The van der Waals surface area contributed by atoms with Crippen molar-refractivity contribution in [3.63, 3.8) is 0 Å². The third kappa shape index (κ3) is 1.90. The van der Waals surface area contributed by atoms with Gasteiger partial charge in [-0.2, -0.15) is 10.2 Å². The molecule has 2 aromatic heterocycles. The van der Waals surface area contributed by atoms with Crippen LogP contribution in [0.1, 0.15) is 58.3 Å². The van der Waals surface area contributed by atoms with Crippen molar-refractivity contribution in [2.24, 2.45) is 7.05 Å². The first-order chi connectivity index (χ1) is 10.7. The Bertz CT molecular complexity index is 729. The van der Waals surface area contributed by atoms with Gasteiger partial charge in [0.1, 0.15) is 0 Å². The van der Waals surface area contributed by atoms with E-state index in [-0.39, 0.29) is 11.9 Å². The summed E-state index contributed by atoms with van der Waals surface area (Å²) in [5, 5.41) is 11.7. The molecule has 22 heavy (non-hydrogen) atoms. The zero-order valence-corrected chi connectivity index (χ0v) is 13.1. The van der Waals surface area contributed by atoms with Crippen LogP contribution in [0.15, 0.2) is 6.20 Å². The molecule has 0 saturated heterocycles. The molecule has 0 bridgehead atoms. The Morgan fingerprint density at radius 1 is 1.36 bits per heavy atom. The summed E-state index contributed by atoms with van der Waals surface area (Å²) < 4.78 is 1.94. The highest BCUT2D eigenvalue weighted by atomic mass is 16.2. The molecule has 6 heteroatoms. The summed E-state index contributed by atoms with van der Waals surface area (Å²) in [5.41, 5.74) is 5.33. The standard InChI is InChI=1S/C16H21N5O/c1-20(13-7-4-8-14-11(13)9-17-21(14)2)16(22)15-10-5-3-6-12(10)18-19-15/h9,13H,3-8H2,1-2H3,(H,18,19)/t13-/m0/s1. The Morgan fingerprint density at radius 2 is 2.23 bits per heavy atom. The van der Waals surface area contributed by atoms with E-state index >= 15 is 0 Å². The molecule has 1 N–H and O–H groups in total. The smallest absolute Gasteiger partial charge is 0.274 e. The zero-order chi connectivity index (χ0) is 15.3. The van der Waals surface area contributed by atoms with Crippen LogP contribution in [-0.4, -0.2) is 37.8 Å². The van der Waals surface area contributed by atoms with Gasteiger partial charge in [0.2, 0.25) is 0 Å². The number of rotatable bonds is 2. The molecule has 2 aromatic rings. The van der Waals surface area contributed by atoms with Gasteiger partial charge in [0.05, 0.1) is 12.2 Å². The second kappa shape index (κ2) is 4.97. The monoisotopic (exact) mass is 299 g/mol. The fraction of sp³-hybridized carbons (Fsp3) is 0.562. The van der Waals surface area contributed by atoms with Crippen LogP contribution >= 0.6 is 0 Å². The number of H-pyrrole nitrogens is 1. The maximum absolute atomic E-state index is 12.9. The van der Waals surface area contributed by atoms with Crippen LogP contribution in [0.5, 0.6) is 0 Å². The fourth-order valence-corrected chi connectivity index (χ4v) is 3.89. The molecule has 6 nitrogen and oxygen atoms in total. The van der Waals surface area contributed by atoms with E-state index in [4.69, 9.17) is 0 Å². The second-order valence-electron chi connectivity index (χ2n) is 6.38. The molecule has 2 heterocycles. The number of carbonyl (C=O) groups is 1. The van der Waals surface area contributed by atoms with E-state index in [2.05, 4.69) is 15.3 Å². The van der Waals surface area contributed by atoms with E-state index < -0.39 is 0 Å². The molecule has 1 atom stereocenters. The third-order valence-corrected chi connectivity index (χ3v) is 5.14. The van der Waals surface area contributed by atoms with Gasteiger partial charge < -0.3 is 4.90 Å². The van der Waals surface area contributed by atoms with E-state index in [1.807, 2.05) is 29.9 Å². The molecule has 0 unspecified atom stereocenters. The molecule has 2 aliphatic carbocycles. The van der Waals surface area contributed by atoms with Crippen LogP contribution in [0.3, 0.4) is 0 Å². The maximum atomic E-state index is 12.9. The Balaban J connectivity index is 1.64. The van der Waals surface area contributed by atoms with Gasteiger partial charge in [0.15, 0.2) is 5.69 Å². The van der Waals surface area contributed by atoms with Gasteiger partial charge >= 0.3 is 0 Å². The number of aromatic amines is 1. The van der Waals surface area contributed by atoms with Gasteiger partial charge in [-0.05, 0) is 38.5 Å². The van der Waals surface area contributed by atoms with Crippen LogP contribution in [0.25, 0.3) is 0 Å². The number of carbonyl (C=O) groups excluding carboxylic acids is 1. The van der Waals surface area contributed by atoms with Crippen LogP contribution in [-0.2, 0) is 26.3 Å². The summed E-state index contributed by atoms with van der Waals surface area (Å²) in [6, 6.07) is 0.110. The van der Waals surface area contributed by atoms with E-state index in [9.17, 15) is 4.79 Å². The van der Waals surface area contributed by atoms with Crippen molar-refractivity contribution < 1.29 is 4.79 Å². The molecule has 2 aliphatic rings. The summed E-state index contributed by atoms with van der Waals surface area (Å²) in [5.74, 6) is 0.0288. The highest BCUT2D eigenvalue weighted by Crippen LogP contribution is 2.34. The molecule has 0 fully saturated rings. The SMILES string of the molecule is CN(C(=O)c1n[nH]c2c1CCC2)[C@H]1CCCc2c1cnn2C. The summed E-state index contributed by atoms with van der Waals surface area (Å²) in [7, 11) is 3.87. The summed E-state index contributed by atoms with van der Waals surface area (Å²) in [6.07, 6.45) is 8.13. The fourth-order valence-electron chi connectivity index (χ4n) is 3.89. The van der Waals surface area contributed by atoms with Crippen LogP contribution in [0, 0.1) is 0 Å². The molecular weight excluding hydrogens is 278 g/mol. The summed E-state index contributed by atoms with van der Waals surface area (Å²) >= 11 is 0. The van der Waals surface area contributed by atoms with Crippen molar-refractivity contribution in [2.45, 2.75) is 44.6 Å². The average Bonchev–Trinajstić information content (AvgIpc) is 3.21. The van der Waals surface area contributed by atoms with Crippen molar-refractivity contribution in [1.82, 2.24) is 24.9 Å². The number of aromatic nitrogens is 4. The van der Waals surface area contributed by atoms with E-state index in [0.717, 1.165) is 49.8 Å². The number of hydrogen-bond donors (Lipinski definition) is 1. The first-order valence-electron chi connectivity index (χ1n) is 8.01. The predicted octanol–water partition coefficient (Wildman–Crippen LogP) is 1.78. The maximum Gasteiger partial charge on any atom is 0.274 e. The van der Waals surface area contributed by atoms with Gasteiger partial charge in [-0.3, -0.25) is 14.6 Å². The van der Waals surface area contributed by atoms with Crippen LogP contribution in [0.2, 0.25) is 0 Å². The number of amides is 1. The van der Waals surface area contributed by atoms with Crippen molar-refractivity contribution in [3.05, 3.63) is 34.4 Å². The number of hydrogen-bond acceptors (Lipinski definition) is 3. The lowest BCUT2D eigenvalue weighted by atomic mass is 9.91. The number of nitrogens with zero attached hydrogens (tertiary/aromatic N) is 4. The Labute approximate surface area is 129 Å². The molecule has 0 spiro atoms. The van der Waals surface area contributed by atoms with Gasteiger partial charge in [-0.1, -0.05) is 0 Å². The van der Waals surface area contributed by atoms with Crippen LogP contribution in [0.4, 0.5) is 0 Å². The molecule has 4 rings (SSSR count). The Morgan fingerprint density at radius 3 is 3.09 bits per heavy atom. The second-order valence-corrected chi connectivity index (χ2v) is 6.38. The lowest BCUT2D eigenvalue weighted by Crippen LogP contribution is -2.34. The first kappa shape index (κ1) is 13.5. The van der Waals surface area contributed by atoms with Crippen molar-refractivity contribution >= 4 is 5.91 Å². The van der Waals surface area contributed by atoms with Gasteiger partial charge in [-0.25, -0.2) is 0 Å². The largest absolute Gasteiger partial charge is 0.333 e. The third-order valence-electron chi connectivity index (χ3n) is 5.14. The van der Waals surface area contributed by atoms with Crippen molar-refractivity contribution in [3.8, 4) is 0 Å². The zero-order valence-electron chi connectivity index (χ0n) is 13.1. The highest BCUT2D eigenvalue weighted by molar-refractivity contribution is 5.94. The molecule has 0 aliphatic heterocycles. The average molecular weight is 299 g/mol. The number of aryl methyl sites for hydroxylation is 2. The molecule has 0 saturated carbocycles. The predicted molar refractivity (Wildman–Crippen MR) is 81.6 cm³/mol. The molecule has 116 valence electrons. The van der Waals surface area contributed by atoms with E-state index in [1.165, 1.54) is 11.3 Å². The normalized spacial score (nSPS) is 19.8. The Hall–Kier alpha value is -2.11. The molecular formula is C16H21N5O. The topological polar surface area (TPSA) is 66.8 Å². The molecule has 1 amide bonds. The quantitative estimate of drug-likeness (QED) is 0.919. The van der Waals surface area contributed by atoms with Crippen molar-refractivity contribution in [1.29, 1.82) is 0 Å². The summed E-state index contributed by atoms with van der Waals surface area (Å²) in [4.78, 5) is 14.8. The van der Waals surface area contributed by atoms with Gasteiger partial charge in [0, 0.05) is 36.6 Å². The van der Waals surface area contributed by atoms with Crippen LogP contribution < -0.4 is 0 Å². The first-order valence-corrected chi connectivity index (χ1v) is 8.01. The van der Waals surface area contributed by atoms with E-state index in [1.54, 1.807) is 0 Å².